The molecule has 1 aliphatic rings. The van der Waals surface area contributed by atoms with Gasteiger partial charge in [-0.1, -0.05) is 6.92 Å². The van der Waals surface area contributed by atoms with Crippen LogP contribution in [0.5, 0.6) is 0 Å². The van der Waals surface area contributed by atoms with E-state index >= 15 is 0 Å². The van der Waals surface area contributed by atoms with E-state index in [0.29, 0.717) is 18.6 Å². The molecule has 0 aromatic heterocycles. The van der Waals surface area contributed by atoms with E-state index in [4.69, 9.17) is 10.3 Å². The van der Waals surface area contributed by atoms with Crippen LogP contribution in [0.25, 0.3) is 5.53 Å². The molecule has 4 heteroatoms. The zero-order valence-electron chi connectivity index (χ0n) is 6.63. The van der Waals surface area contributed by atoms with Crippen LogP contribution in [-0.2, 0) is 9.53 Å². The van der Waals surface area contributed by atoms with Crippen molar-refractivity contribution in [1.29, 1.82) is 0 Å². The lowest BCUT2D eigenvalue weighted by atomic mass is 10.4. The molecule has 0 aromatic rings. The third-order valence-electron chi connectivity index (χ3n) is 1.74. The quantitative estimate of drug-likeness (QED) is 0.335. The van der Waals surface area contributed by atoms with Gasteiger partial charge in [0.1, 0.15) is 6.42 Å². The third-order valence-corrected chi connectivity index (χ3v) is 1.74. The minimum absolute atomic E-state index is 0.258. The average molecular weight is 154 g/mol. The molecule has 11 heavy (non-hydrogen) atoms. The van der Waals surface area contributed by atoms with Gasteiger partial charge in [-0.25, -0.2) is 0 Å². The molecule has 0 bridgehead atoms. The van der Waals surface area contributed by atoms with Gasteiger partial charge < -0.3 is 10.3 Å². The zero-order chi connectivity index (χ0) is 8.48. The number of hydrogen-bond acceptors (Lipinski definition) is 2. The van der Waals surface area contributed by atoms with Crippen LogP contribution in [0.3, 0.4) is 0 Å². The molecular formula is C7H10N2O2. The molecule has 0 N–H and O–H groups in total. The first-order chi connectivity index (χ1) is 5.12. The van der Waals surface area contributed by atoms with Crippen LogP contribution in [0.1, 0.15) is 26.7 Å². The molecule has 0 saturated heterocycles. The highest BCUT2D eigenvalue weighted by molar-refractivity contribution is 6.05. The summed E-state index contributed by atoms with van der Waals surface area (Å²) in [6.07, 6.45) is 0.906. The summed E-state index contributed by atoms with van der Waals surface area (Å²) in [4.78, 5) is 13.8. The summed E-state index contributed by atoms with van der Waals surface area (Å²) in [5, 5.41) is 0. The van der Waals surface area contributed by atoms with Gasteiger partial charge in [0.15, 0.2) is 0 Å². The molecule has 1 atom stereocenters. The normalized spacial score (nSPS) is 27.6. The minimum Gasteiger partial charge on any atom is -0.446 e. The summed E-state index contributed by atoms with van der Waals surface area (Å²) in [6.45, 7) is 3.46. The van der Waals surface area contributed by atoms with Crippen LogP contribution in [0.15, 0.2) is 0 Å². The Morgan fingerprint density at radius 3 is 2.91 bits per heavy atom. The van der Waals surface area contributed by atoms with Gasteiger partial charge in [-0.2, -0.15) is 4.79 Å². The summed E-state index contributed by atoms with van der Waals surface area (Å²) in [5.74, 6) is -0.258. The molecule has 0 aromatic carbocycles. The van der Waals surface area contributed by atoms with Gasteiger partial charge in [-0.15, -0.1) is 0 Å². The lowest BCUT2D eigenvalue weighted by molar-refractivity contribution is -0.149. The monoisotopic (exact) mass is 154 g/mol. The van der Waals surface area contributed by atoms with Gasteiger partial charge in [0.05, 0.1) is 0 Å². The van der Waals surface area contributed by atoms with Gasteiger partial charge in [-0.05, 0) is 6.92 Å². The Balaban J connectivity index is 2.53. The molecule has 0 amide bonds. The molecule has 0 aliphatic heterocycles. The number of carbonyl (C=O) groups is 1. The molecular weight excluding hydrogens is 144 g/mol. The van der Waals surface area contributed by atoms with Gasteiger partial charge in [0.2, 0.25) is 5.60 Å². The topological polar surface area (TPSA) is 62.7 Å². The van der Waals surface area contributed by atoms with Crippen molar-refractivity contribution < 1.29 is 14.3 Å². The van der Waals surface area contributed by atoms with Crippen molar-refractivity contribution in [2.45, 2.75) is 32.3 Å². The van der Waals surface area contributed by atoms with Crippen molar-refractivity contribution in [2.24, 2.45) is 0 Å². The molecule has 4 nitrogen and oxygen atoms in total. The van der Waals surface area contributed by atoms with Crippen molar-refractivity contribution in [1.82, 2.24) is 0 Å². The Kier molecular flexibility index (Phi) is 1.79. The van der Waals surface area contributed by atoms with Gasteiger partial charge >= 0.3 is 11.7 Å². The van der Waals surface area contributed by atoms with Gasteiger partial charge in [0.25, 0.3) is 0 Å². The predicted molar refractivity (Wildman–Crippen MR) is 38.0 cm³/mol. The number of rotatable bonds is 2. The summed E-state index contributed by atoms with van der Waals surface area (Å²) >= 11 is 0. The van der Waals surface area contributed by atoms with Crippen LogP contribution in [-0.4, -0.2) is 22.1 Å². The molecule has 0 spiro atoms. The fourth-order valence-electron chi connectivity index (χ4n) is 0.835. The molecule has 60 valence electrons. The van der Waals surface area contributed by atoms with E-state index in [1.165, 1.54) is 0 Å². The first kappa shape index (κ1) is 7.95. The fourth-order valence-corrected chi connectivity index (χ4v) is 0.835. The largest absolute Gasteiger partial charge is 0.446 e. The molecule has 0 radical (unpaired) electrons. The summed E-state index contributed by atoms with van der Waals surface area (Å²) in [7, 11) is 0. The standard InChI is InChI=1S/C7H10N2O2/c1-3-6(10)11-7(2)4-5(7)9-8/h3-4H2,1-2H3. The summed E-state index contributed by atoms with van der Waals surface area (Å²) < 4.78 is 4.97. The second kappa shape index (κ2) is 2.47. The van der Waals surface area contributed by atoms with Crippen LogP contribution >= 0.6 is 0 Å². The number of hydrogen-bond donors (Lipinski definition) is 0. The predicted octanol–water partition coefficient (Wildman–Crippen LogP) is 0.773. The smallest absolute Gasteiger partial charge is 0.317 e. The maximum Gasteiger partial charge on any atom is 0.317 e. The van der Waals surface area contributed by atoms with Crippen LogP contribution in [0, 0.1) is 0 Å². The fraction of sp³-hybridized carbons (Fsp3) is 0.714. The second-order valence-electron chi connectivity index (χ2n) is 2.78. The summed E-state index contributed by atoms with van der Waals surface area (Å²) in [5.41, 5.74) is 8.26. The lowest BCUT2D eigenvalue weighted by Gasteiger charge is -2.04. The lowest BCUT2D eigenvalue weighted by Crippen LogP contribution is -2.17. The highest BCUT2D eigenvalue weighted by Gasteiger charge is 2.59. The van der Waals surface area contributed by atoms with E-state index in [1.54, 1.807) is 13.8 Å². The Bertz CT molecular complexity index is 243. The molecule has 1 fully saturated rings. The van der Waals surface area contributed by atoms with Gasteiger partial charge in [0, 0.05) is 6.42 Å². The number of esters is 1. The van der Waals surface area contributed by atoms with Crippen LogP contribution in [0.4, 0.5) is 0 Å². The maximum absolute atomic E-state index is 10.8. The Labute approximate surface area is 64.8 Å². The molecule has 0 heterocycles. The SMILES string of the molecule is CCC(=O)OC1(C)CC1=[N+]=[N-]. The van der Waals surface area contributed by atoms with E-state index in [9.17, 15) is 4.79 Å². The van der Waals surface area contributed by atoms with Crippen molar-refractivity contribution in [3.8, 4) is 0 Å². The Hall–Kier alpha value is -1.15. The third kappa shape index (κ3) is 1.46. The van der Waals surface area contributed by atoms with Crippen LogP contribution in [0.2, 0.25) is 0 Å². The highest BCUT2D eigenvalue weighted by atomic mass is 16.6. The van der Waals surface area contributed by atoms with Crippen molar-refractivity contribution in [3.63, 3.8) is 0 Å². The highest BCUT2D eigenvalue weighted by Crippen LogP contribution is 2.34. The Morgan fingerprint density at radius 1 is 1.91 bits per heavy atom. The molecule has 1 unspecified atom stereocenters. The first-order valence-corrected chi connectivity index (χ1v) is 3.55. The van der Waals surface area contributed by atoms with Crippen molar-refractivity contribution in [3.05, 3.63) is 5.53 Å². The van der Waals surface area contributed by atoms with Crippen molar-refractivity contribution in [2.75, 3.05) is 0 Å². The van der Waals surface area contributed by atoms with Crippen molar-refractivity contribution >= 4 is 11.7 Å². The first-order valence-electron chi connectivity index (χ1n) is 3.55. The number of carbonyl (C=O) groups excluding carboxylic acids is 1. The molecule has 1 rings (SSSR count). The molecule has 1 saturated carbocycles. The van der Waals surface area contributed by atoms with E-state index in [0.717, 1.165) is 0 Å². The Morgan fingerprint density at radius 2 is 2.55 bits per heavy atom. The average Bonchev–Trinajstić information content (AvgIpc) is 2.61. The van der Waals surface area contributed by atoms with Crippen LogP contribution < -0.4 is 0 Å². The van der Waals surface area contributed by atoms with E-state index in [2.05, 4.69) is 4.79 Å². The second-order valence-corrected chi connectivity index (χ2v) is 2.78. The molecule has 1 aliphatic carbocycles. The van der Waals surface area contributed by atoms with E-state index < -0.39 is 5.60 Å². The minimum atomic E-state index is -0.609. The summed E-state index contributed by atoms with van der Waals surface area (Å²) in [6, 6.07) is 0. The number of ether oxygens (including phenoxy) is 1. The maximum atomic E-state index is 10.8. The zero-order valence-corrected chi connectivity index (χ0v) is 6.63. The van der Waals surface area contributed by atoms with E-state index in [1.807, 2.05) is 0 Å². The van der Waals surface area contributed by atoms with Gasteiger partial charge in [-0.3, -0.25) is 4.79 Å². The number of nitrogens with zero attached hydrogens (tertiary/aromatic N) is 2. The van der Waals surface area contributed by atoms with E-state index in [-0.39, 0.29) is 5.97 Å².